The smallest absolute Gasteiger partial charge is 0.254 e. The van der Waals surface area contributed by atoms with Crippen LogP contribution in [-0.4, -0.2) is 34.3 Å². The summed E-state index contributed by atoms with van der Waals surface area (Å²) in [5.74, 6) is -0.00794. The van der Waals surface area contributed by atoms with Crippen molar-refractivity contribution in [2.75, 3.05) is 11.9 Å². The van der Waals surface area contributed by atoms with E-state index < -0.39 is 6.04 Å². The molecule has 3 rings (SSSR count). The van der Waals surface area contributed by atoms with Crippen LogP contribution in [0.3, 0.4) is 0 Å². The molecule has 2 heterocycles. The average Bonchev–Trinajstić information content (AvgIpc) is 3.03. The van der Waals surface area contributed by atoms with E-state index in [1.165, 1.54) is 0 Å². The van der Waals surface area contributed by atoms with Crippen LogP contribution < -0.4 is 5.32 Å². The van der Waals surface area contributed by atoms with Crippen molar-refractivity contribution in [3.63, 3.8) is 0 Å². The van der Waals surface area contributed by atoms with E-state index in [0.717, 1.165) is 12.1 Å². The molecule has 1 aromatic carbocycles. The van der Waals surface area contributed by atoms with Crippen LogP contribution in [0, 0.1) is 6.92 Å². The molecule has 0 aliphatic carbocycles. The van der Waals surface area contributed by atoms with Crippen molar-refractivity contribution in [3.8, 4) is 0 Å². The highest BCUT2D eigenvalue weighted by atomic mass is 35.5. The van der Waals surface area contributed by atoms with Gasteiger partial charge in [0.1, 0.15) is 11.9 Å². The molecule has 0 radical (unpaired) electrons. The number of nitrogens with one attached hydrogen (secondary N) is 1. The van der Waals surface area contributed by atoms with Gasteiger partial charge in [-0.15, -0.1) is 0 Å². The largest absolute Gasteiger partial charge is 0.327 e. The number of benzene rings is 1. The first kappa shape index (κ1) is 17.7. The van der Waals surface area contributed by atoms with Crippen molar-refractivity contribution < 1.29 is 9.59 Å². The summed E-state index contributed by atoms with van der Waals surface area (Å²) < 4.78 is 0. The molecule has 2 amide bonds. The SMILES string of the molecule is Cc1cccc(NC(=O)C2CCCN2C(=O)c2cc(Cl)cc(Cl)c2)n1. The summed E-state index contributed by atoms with van der Waals surface area (Å²) in [5.41, 5.74) is 1.19. The summed E-state index contributed by atoms with van der Waals surface area (Å²) in [7, 11) is 0. The van der Waals surface area contributed by atoms with E-state index in [1.54, 1.807) is 29.2 Å². The van der Waals surface area contributed by atoms with E-state index in [2.05, 4.69) is 10.3 Å². The van der Waals surface area contributed by atoms with Gasteiger partial charge in [0.2, 0.25) is 5.91 Å². The van der Waals surface area contributed by atoms with E-state index in [9.17, 15) is 9.59 Å². The predicted molar refractivity (Wildman–Crippen MR) is 98.1 cm³/mol. The Morgan fingerprint density at radius 2 is 1.92 bits per heavy atom. The highest BCUT2D eigenvalue weighted by molar-refractivity contribution is 6.35. The molecule has 1 fully saturated rings. The summed E-state index contributed by atoms with van der Waals surface area (Å²) in [6, 6.07) is 9.55. The van der Waals surface area contributed by atoms with Crippen LogP contribution in [0.25, 0.3) is 0 Å². The van der Waals surface area contributed by atoms with Gasteiger partial charge in [0.15, 0.2) is 0 Å². The molecule has 0 bridgehead atoms. The lowest BCUT2D eigenvalue weighted by atomic mass is 10.1. The monoisotopic (exact) mass is 377 g/mol. The first-order valence-corrected chi connectivity index (χ1v) is 8.71. The molecule has 0 spiro atoms. The number of hydrogen-bond acceptors (Lipinski definition) is 3. The maximum atomic E-state index is 12.8. The molecule has 0 saturated carbocycles. The zero-order chi connectivity index (χ0) is 18.0. The van der Waals surface area contributed by atoms with Crippen LogP contribution >= 0.6 is 23.2 Å². The van der Waals surface area contributed by atoms with Crippen molar-refractivity contribution in [3.05, 3.63) is 57.7 Å². The molecule has 2 aromatic rings. The van der Waals surface area contributed by atoms with Crippen LogP contribution in [0.2, 0.25) is 10.0 Å². The van der Waals surface area contributed by atoms with E-state index in [-0.39, 0.29) is 11.8 Å². The van der Waals surface area contributed by atoms with E-state index in [4.69, 9.17) is 23.2 Å². The van der Waals surface area contributed by atoms with Crippen molar-refractivity contribution in [2.45, 2.75) is 25.8 Å². The maximum absolute atomic E-state index is 12.8. The molecule has 1 aromatic heterocycles. The number of carbonyl (C=O) groups excluding carboxylic acids is 2. The lowest BCUT2D eigenvalue weighted by Crippen LogP contribution is -2.43. The van der Waals surface area contributed by atoms with Crippen molar-refractivity contribution in [1.82, 2.24) is 9.88 Å². The van der Waals surface area contributed by atoms with Gasteiger partial charge in [0.25, 0.3) is 5.91 Å². The number of rotatable bonds is 3. The molecule has 1 unspecified atom stereocenters. The van der Waals surface area contributed by atoms with Gasteiger partial charge >= 0.3 is 0 Å². The minimum absolute atomic E-state index is 0.239. The molecular formula is C18H17Cl2N3O2. The minimum Gasteiger partial charge on any atom is -0.327 e. The lowest BCUT2D eigenvalue weighted by Gasteiger charge is -2.24. The Kier molecular flexibility index (Phi) is 5.25. The third-order valence-corrected chi connectivity index (χ3v) is 4.50. The Hall–Kier alpha value is -2.11. The molecule has 130 valence electrons. The van der Waals surface area contributed by atoms with Gasteiger partial charge < -0.3 is 10.2 Å². The number of hydrogen-bond donors (Lipinski definition) is 1. The van der Waals surface area contributed by atoms with E-state index in [1.807, 2.05) is 19.1 Å². The number of likely N-dealkylation sites (tertiary alicyclic amines) is 1. The Morgan fingerprint density at radius 1 is 1.20 bits per heavy atom. The van der Waals surface area contributed by atoms with Gasteiger partial charge in [-0.05, 0) is 50.1 Å². The van der Waals surface area contributed by atoms with Crippen molar-refractivity contribution in [2.24, 2.45) is 0 Å². The number of amides is 2. The summed E-state index contributed by atoms with van der Waals surface area (Å²) >= 11 is 12.0. The predicted octanol–water partition coefficient (Wildman–Crippen LogP) is 3.94. The Balaban J connectivity index is 1.77. The third-order valence-electron chi connectivity index (χ3n) is 4.07. The molecular weight excluding hydrogens is 361 g/mol. The number of aryl methyl sites for hydroxylation is 1. The average molecular weight is 378 g/mol. The normalized spacial score (nSPS) is 16.8. The Morgan fingerprint density at radius 3 is 2.60 bits per heavy atom. The molecule has 1 aliphatic rings. The van der Waals surface area contributed by atoms with Crippen molar-refractivity contribution >= 4 is 40.8 Å². The number of aromatic nitrogens is 1. The topological polar surface area (TPSA) is 62.3 Å². The van der Waals surface area contributed by atoms with Gasteiger partial charge in [-0.25, -0.2) is 4.98 Å². The van der Waals surface area contributed by atoms with E-state index in [0.29, 0.717) is 34.4 Å². The van der Waals surface area contributed by atoms with Gasteiger partial charge in [0.05, 0.1) is 0 Å². The van der Waals surface area contributed by atoms with Crippen molar-refractivity contribution in [1.29, 1.82) is 0 Å². The minimum atomic E-state index is -0.535. The molecule has 1 atom stereocenters. The Labute approximate surface area is 155 Å². The van der Waals surface area contributed by atoms with Gasteiger partial charge in [-0.3, -0.25) is 9.59 Å². The summed E-state index contributed by atoms with van der Waals surface area (Å²) in [4.78, 5) is 31.2. The molecule has 25 heavy (non-hydrogen) atoms. The van der Waals surface area contributed by atoms with E-state index >= 15 is 0 Å². The second-order valence-corrected chi connectivity index (χ2v) is 6.84. The van der Waals surface area contributed by atoms with Crippen LogP contribution in [0.4, 0.5) is 5.82 Å². The second kappa shape index (κ2) is 7.42. The molecule has 5 nitrogen and oxygen atoms in total. The fourth-order valence-electron chi connectivity index (χ4n) is 2.95. The number of carbonyl (C=O) groups is 2. The first-order chi connectivity index (χ1) is 11.9. The fourth-order valence-corrected chi connectivity index (χ4v) is 3.47. The number of pyridine rings is 1. The number of nitrogens with zero attached hydrogens (tertiary/aromatic N) is 2. The van der Waals surface area contributed by atoms with Gasteiger partial charge in [-0.1, -0.05) is 29.3 Å². The van der Waals surface area contributed by atoms with Crippen LogP contribution in [-0.2, 0) is 4.79 Å². The highest BCUT2D eigenvalue weighted by Gasteiger charge is 2.34. The van der Waals surface area contributed by atoms with Crippen LogP contribution in [0.15, 0.2) is 36.4 Å². The lowest BCUT2D eigenvalue weighted by molar-refractivity contribution is -0.119. The quantitative estimate of drug-likeness (QED) is 0.880. The number of halogens is 2. The number of anilines is 1. The zero-order valence-electron chi connectivity index (χ0n) is 13.6. The third kappa shape index (κ3) is 4.11. The zero-order valence-corrected chi connectivity index (χ0v) is 15.1. The summed E-state index contributed by atoms with van der Waals surface area (Å²) in [6.45, 7) is 2.37. The Bertz CT molecular complexity index is 805. The first-order valence-electron chi connectivity index (χ1n) is 7.95. The molecule has 1 N–H and O–H groups in total. The molecule has 7 heteroatoms. The fraction of sp³-hybridized carbons (Fsp3) is 0.278. The second-order valence-electron chi connectivity index (χ2n) is 5.97. The maximum Gasteiger partial charge on any atom is 0.254 e. The van der Waals surface area contributed by atoms with Crippen LogP contribution in [0.5, 0.6) is 0 Å². The molecule has 1 aliphatic heterocycles. The molecule has 1 saturated heterocycles. The summed E-state index contributed by atoms with van der Waals surface area (Å²) in [6.07, 6.45) is 1.37. The standard InChI is InChI=1S/C18H17Cl2N3O2/c1-11-4-2-6-16(21-11)22-17(24)15-5-3-7-23(15)18(25)12-8-13(19)10-14(20)9-12/h2,4,6,8-10,15H,3,5,7H2,1H3,(H,21,22,24). The highest BCUT2D eigenvalue weighted by Crippen LogP contribution is 2.25. The van der Waals surface area contributed by atoms with Crippen LogP contribution in [0.1, 0.15) is 28.9 Å². The van der Waals surface area contributed by atoms with Gasteiger partial charge in [-0.2, -0.15) is 0 Å². The summed E-state index contributed by atoms with van der Waals surface area (Å²) in [5, 5.41) is 3.57. The van der Waals surface area contributed by atoms with Gasteiger partial charge in [0, 0.05) is 27.8 Å².